The molecular weight excluding hydrogens is 492 g/mol. The molecule has 36 heavy (non-hydrogen) atoms. The largest absolute Gasteiger partial charge is 0.493 e. The lowest BCUT2D eigenvalue weighted by atomic mass is 10.1. The summed E-state index contributed by atoms with van der Waals surface area (Å²) in [5.41, 5.74) is 3.60. The van der Waals surface area contributed by atoms with Crippen molar-refractivity contribution in [1.29, 1.82) is 0 Å². The van der Waals surface area contributed by atoms with Gasteiger partial charge < -0.3 is 14.8 Å². The maximum atomic E-state index is 13.2. The van der Waals surface area contributed by atoms with Crippen molar-refractivity contribution in [2.75, 3.05) is 19.0 Å². The summed E-state index contributed by atoms with van der Waals surface area (Å²) in [5.74, 6) is 0.480. The molecule has 184 valence electrons. The van der Waals surface area contributed by atoms with Crippen molar-refractivity contribution < 1.29 is 19.1 Å². The van der Waals surface area contributed by atoms with Gasteiger partial charge in [0.15, 0.2) is 18.1 Å². The zero-order valence-corrected chi connectivity index (χ0v) is 21.8. The molecule has 6 nitrogen and oxygen atoms in total. The number of rotatable bonds is 8. The number of hydrogen-bond donors (Lipinski definition) is 1. The second-order valence-corrected chi connectivity index (χ2v) is 9.93. The van der Waals surface area contributed by atoms with Crippen LogP contribution in [0.3, 0.4) is 0 Å². The summed E-state index contributed by atoms with van der Waals surface area (Å²) < 4.78 is 11.7. The number of carbonyl (C=O) groups is 2. The predicted octanol–water partition coefficient (Wildman–Crippen LogP) is 5.98. The van der Waals surface area contributed by atoms with Crippen LogP contribution in [-0.4, -0.2) is 34.8 Å². The molecule has 0 radical (unpaired) electrons. The van der Waals surface area contributed by atoms with E-state index in [1.165, 1.54) is 18.9 Å². The smallest absolute Gasteiger partial charge is 0.266 e. The van der Waals surface area contributed by atoms with Gasteiger partial charge in [0.1, 0.15) is 4.32 Å². The van der Waals surface area contributed by atoms with Gasteiger partial charge in [-0.1, -0.05) is 78.1 Å². The minimum Gasteiger partial charge on any atom is -0.493 e. The Morgan fingerprint density at radius 1 is 1.08 bits per heavy atom. The quantitative estimate of drug-likeness (QED) is 0.292. The molecule has 0 unspecified atom stereocenters. The summed E-state index contributed by atoms with van der Waals surface area (Å²) in [6, 6.07) is 22.5. The van der Waals surface area contributed by atoms with Crippen LogP contribution in [0.5, 0.6) is 11.5 Å². The van der Waals surface area contributed by atoms with Crippen molar-refractivity contribution >= 4 is 51.9 Å². The van der Waals surface area contributed by atoms with Crippen LogP contribution in [0.1, 0.15) is 29.7 Å². The van der Waals surface area contributed by atoms with Gasteiger partial charge >= 0.3 is 0 Å². The van der Waals surface area contributed by atoms with Crippen molar-refractivity contribution in [2.45, 2.75) is 19.9 Å². The molecule has 8 heteroatoms. The number of nitrogens with zero attached hydrogens (tertiary/aromatic N) is 1. The van der Waals surface area contributed by atoms with E-state index in [2.05, 4.69) is 5.32 Å². The van der Waals surface area contributed by atoms with E-state index in [0.29, 0.717) is 26.4 Å². The highest BCUT2D eigenvalue weighted by Gasteiger charge is 2.35. The molecule has 0 bridgehead atoms. The Hall–Kier alpha value is -3.62. The molecule has 3 aromatic carbocycles. The van der Waals surface area contributed by atoms with Gasteiger partial charge in [0, 0.05) is 5.69 Å². The first-order valence-corrected chi connectivity index (χ1v) is 12.6. The number of ether oxygens (including phenoxy) is 2. The first-order valence-electron chi connectivity index (χ1n) is 11.3. The Morgan fingerprint density at radius 3 is 2.50 bits per heavy atom. The SMILES string of the molecule is COc1cc(/C=C2\SC(=S)N([C@H](C)c3ccccc3)C2=O)ccc1OCC(=O)Nc1ccc(C)cc1. The number of benzene rings is 3. The lowest BCUT2D eigenvalue weighted by Gasteiger charge is -2.23. The van der Waals surface area contributed by atoms with E-state index >= 15 is 0 Å². The van der Waals surface area contributed by atoms with E-state index in [1.807, 2.05) is 74.5 Å². The number of methoxy groups -OCH3 is 1. The Morgan fingerprint density at radius 2 is 1.81 bits per heavy atom. The van der Waals surface area contributed by atoms with Gasteiger partial charge in [-0.2, -0.15) is 0 Å². The second-order valence-electron chi connectivity index (χ2n) is 8.25. The summed E-state index contributed by atoms with van der Waals surface area (Å²) in [6.45, 7) is 3.78. The lowest BCUT2D eigenvalue weighted by Crippen LogP contribution is -2.30. The highest BCUT2D eigenvalue weighted by molar-refractivity contribution is 8.26. The van der Waals surface area contributed by atoms with Gasteiger partial charge in [0.25, 0.3) is 11.8 Å². The first kappa shape index (κ1) is 25.5. The van der Waals surface area contributed by atoms with E-state index < -0.39 is 0 Å². The minimum atomic E-state index is -0.277. The monoisotopic (exact) mass is 518 g/mol. The van der Waals surface area contributed by atoms with Crippen molar-refractivity contribution in [2.24, 2.45) is 0 Å². The summed E-state index contributed by atoms with van der Waals surface area (Å²) in [4.78, 5) is 27.6. The zero-order chi connectivity index (χ0) is 25.7. The molecule has 1 heterocycles. The molecule has 1 fully saturated rings. The summed E-state index contributed by atoms with van der Waals surface area (Å²) in [5, 5.41) is 2.80. The van der Waals surface area contributed by atoms with Gasteiger partial charge in [-0.15, -0.1) is 0 Å². The number of amides is 2. The molecule has 1 atom stereocenters. The molecule has 2 amide bonds. The Bertz CT molecular complexity index is 1310. The molecule has 1 N–H and O–H groups in total. The average molecular weight is 519 g/mol. The third kappa shape index (κ3) is 5.95. The zero-order valence-electron chi connectivity index (χ0n) is 20.2. The number of anilines is 1. The molecule has 3 aromatic rings. The van der Waals surface area contributed by atoms with Crippen LogP contribution in [-0.2, 0) is 9.59 Å². The van der Waals surface area contributed by atoms with Crippen LogP contribution in [0.2, 0.25) is 0 Å². The topological polar surface area (TPSA) is 67.9 Å². The molecular formula is C28H26N2O4S2. The van der Waals surface area contributed by atoms with Gasteiger partial charge in [-0.3, -0.25) is 14.5 Å². The molecule has 4 rings (SSSR count). The number of hydrogen-bond acceptors (Lipinski definition) is 6. The van der Waals surface area contributed by atoms with E-state index in [9.17, 15) is 9.59 Å². The predicted molar refractivity (Wildman–Crippen MR) is 148 cm³/mol. The Balaban J connectivity index is 1.43. The number of carbonyl (C=O) groups excluding carboxylic acids is 2. The van der Waals surface area contributed by atoms with Crippen LogP contribution in [0, 0.1) is 6.92 Å². The van der Waals surface area contributed by atoms with E-state index in [-0.39, 0.29) is 24.5 Å². The minimum absolute atomic E-state index is 0.131. The normalized spacial score (nSPS) is 15.2. The van der Waals surface area contributed by atoms with Crippen molar-refractivity contribution in [3.63, 3.8) is 0 Å². The molecule has 0 spiro atoms. The van der Waals surface area contributed by atoms with Crippen LogP contribution >= 0.6 is 24.0 Å². The van der Waals surface area contributed by atoms with Gasteiger partial charge in [-0.05, 0) is 55.3 Å². The highest BCUT2D eigenvalue weighted by Crippen LogP contribution is 2.38. The standard InChI is InChI=1S/C28H26N2O4S2/c1-18-9-12-22(13-10-18)29-26(31)17-34-23-14-11-20(15-24(23)33-3)16-25-27(32)30(28(35)36-25)19(2)21-7-5-4-6-8-21/h4-16,19H,17H2,1-3H3,(H,29,31)/b25-16-/t19-/m1/s1. The van der Waals surface area contributed by atoms with Gasteiger partial charge in [0.05, 0.1) is 18.1 Å². The second kappa shape index (κ2) is 11.4. The number of aryl methyl sites for hydroxylation is 1. The third-order valence-corrected chi connectivity index (χ3v) is 7.00. The van der Waals surface area contributed by atoms with E-state index in [1.54, 1.807) is 23.1 Å². The van der Waals surface area contributed by atoms with Crippen LogP contribution in [0.25, 0.3) is 6.08 Å². The number of nitrogens with one attached hydrogen (secondary N) is 1. The molecule has 1 saturated heterocycles. The summed E-state index contributed by atoms with van der Waals surface area (Å²) in [7, 11) is 1.53. The van der Waals surface area contributed by atoms with Crippen LogP contribution in [0.4, 0.5) is 5.69 Å². The van der Waals surface area contributed by atoms with Crippen LogP contribution < -0.4 is 14.8 Å². The molecule has 1 aliphatic heterocycles. The summed E-state index contributed by atoms with van der Waals surface area (Å²) in [6.07, 6.45) is 1.79. The fourth-order valence-corrected chi connectivity index (χ4v) is 5.13. The van der Waals surface area contributed by atoms with Crippen molar-refractivity contribution in [1.82, 2.24) is 4.90 Å². The highest BCUT2D eigenvalue weighted by atomic mass is 32.2. The fraction of sp³-hybridized carbons (Fsp3) is 0.179. The number of thiocarbonyl (C=S) groups is 1. The maximum Gasteiger partial charge on any atom is 0.266 e. The van der Waals surface area contributed by atoms with E-state index in [0.717, 1.165) is 16.7 Å². The summed E-state index contributed by atoms with van der Waals surface area (Å²) >= 11 is 6.79. The van der Waals surface area contributed by atoms with Gasteiger partial charge in [-0.25, -0.2) is 0 Å². The van der Waals surface area contributed by atoms with E-state index in [4.69, 9.17) is 21.7 Å². The maximum absolute atomic E-state index is 13.2. The third-order valence-electron chi connectivity index (χ3n) is 5.67. The Kier molecular flexibility index (Phi) is 8.07. The first-order chi connectivity index (χ1) is 17.4. The van der Waals surface area contributed by atoms with Gasteiger partial charge in [0.2, 0.25) is 0 Å². The average Bonchev–Trinajstić information content (AvgIpc) is 3.16. The molecule has 0 saturated carbocycles. The molecule has 0 aromatic heterocycles. The number of thioether (sulfide) groups is 1. The van der Waals surface area contributed by atoms with Crippen molar-refractivity contribution in [3.05, 3.63) is 94.4 Å². The Labute approximate surface area is 220 Å². The van der Waals surface area contributed by atoms with Crippen molar-refractivity contribution in [3.8, 4) is 11.5 Å². The molecule has 1 aliphatic rings. The van der Waals surface area contributed by atoms with Crippen LogP contribution in [0.15, 0.2) is 77.7 Å². The molecule has 0 aliphatic carbocycles. The lowest BCUT2D eigenvalue weighted by molar-refractivity contribution is -0.123. The fourth-order valence-electron chi connectivity index (χ4n) is 3.72.